The normalized spacial score (nSPS) is 12.0. The van der Waals surface area contributed by atoms with Crippen molar-refractivity contribution in [3.63, 3.8) is 0 Å². The first kappa shape index (κ1) is 25.0. The van der Waals surface area contributed by atoms with Gasteiger partial charge in [-0.2, -0.15) is 0 Å². The molecule has 1 atom stereocenters. The molecule has 7 nitrogen and oxygen atoms in total. The number of carbonyl (C=O) groups is 2. The van der Waals surface area contributed by atoms with Crippen LogP contribution in [0, 0.1) is 12.8 Å². The lowest BCUT2D eigenvalue weighted by Gasteiger charge is -2.12. The van der Waals surface area contributed by atoms with E-state index in [9.17, 15) is 18.0 Å². The Hall–Kier alpha value is -3.65. The van der Waals surface area contributed by atoms with E-state index in [-0.39, 0.29) is 28.8 Å². The summed E-state index contributed by atoms with van der Waals surface area (Å²) in [6.07, 6.45) is 0.747. The van der Waals surface area contributed by atoms with Gasteiger partial charge in [0.15, 0.2) is 0 Å². The van der Waals surface area contributed by atoms with Gasteiger partial charge in [-0.05, 0) is 66.9 Å². The third-order valence-electron chi connectivity index (χ3n) is 5.38. The Bertz CT molecular complexity index is 1290. The van der Waals surface area contributed by atoms with Gasteiger partial charge in [-0.1, -0.05) is 44.2 Å². The molecule has 0 radical (unpaired) electrons. The largest absolute Gasteiger partial charge is 0.348 e. The van der Waals surface area contributed by atoms with E-state index < -0.39 is 15.9 Å². The van der Waals surface area contributed by atoms with E-state index in [0.717, 1.165) is 17.5 Å². The molecular formula is C26H29N3O4S. The number of nitrogens with one attached hydrogen (secondary N) is 3. The fraction of sp³-hybridized carbons (Fsp3) is 0.231. The van der Waals surface area contributed by atoms with E-state index in [1.165, 1.54) is 18.2 Å². The molecule has 3 aromatic carbocycles. The zero-order valence-electron chi connectivity index (χ0n) is 19.5. The minimum Gasteiger partial charge on any atom is -0.348 e. The zero-order valence-corrected chi connectivity index (χ0v) is 20.3. The molecule has 0 aliphatic rings. The molecule has 0 saturated carbocycles. The van der Waals surface area contributed by atoms with Gasteiger partial charge in [-0.15, -0.1) is 0 Å². The zero-order chi connectivity index (χ0) is 24.7. The summed E-state index contributed by atoms with van der Waals surface area (Å²) in [5, 5.41) is 5.67. The SMILES string of the molecule is CCC(C)C(=O)Nc1cccc(CNC(=O)c2cccc(S(=O)(=O)Nc3cccc(C)c3)c2)c1. The van der Waals surface area contributed by atoms with Gasteiger partial charge >= 0.3 is 0 Å². The van der Waals surface area contributed by atoms with Crippen LogP contribution in [-0.4, -0.2) is 20.2 Å². The van der Waals surface area contributed by atoms with Crippen molar-refractivity contribution in [2.45, 2.75) is 38.6 Å². The second-order valence-electron chi connectivity index (χ2n) is 8.18. The summed E-state index contributed by atoms with van der Waals surface area (Å²) in [6, 6.07) is 20.1. The lowest BCUT2D eigenvalue weighted by molar-refractivity contribution is -0.119. The van der Waals surface area contributed by atoms with Crippen LogP contribution >= 0.6 is 0 Å². The number of anilines is 2. The third kappa shape index (κ3) is 6.68. The number of sulfonamides is 1. The number of benzene rings is 3. The molecule has 0 bridgehead atoms. The van der Waals surface area contributed by atoms with Crippen LogP contribution in [0.2, 0.25) is 0 Å². The first-order valence-electron chi connectivity index (χ1n) is 11.1. The summed E-state index contributed by atoms with van der Waals surface area (Å²) in [4.78, 5) is 24.8. The average Bonchev–Trinajstić information content (AvgIpc) is 2.82. The van der Waals surface area contributed by atoms with E-state index in [4.69, 9.17) is 0 Å². The predicted molar refractivity (Wildman–Crippen MR) is 134 cm³/mol. The molecule has 3 aromatic rings. The maximum atomic E-state index is 12.8. The highest BCUT2D eigenvalue weighted by Gasteiger charge is 2.17. The highest BCUT2D eigenvalue weighted by atomic mass is 32.2. The minimum atomic E-state index is -3.85. The Morgan fingerprint density at radius 2 is 1.62 bits per heavy atom. The van der Waals surface area contributed by atoms with E-state index >= 15 is 0 Å². The fourth-order valence-corrected chi connectivity index (χ4v) is 4.32. The summed E-state index contributed by atoms with van der Waals surface area (Å²) in [5.41, 5.74) is 3.08. The van der Waals surface area contributed by atoms with Crippen molar-refractivity contribution < 1.29 is 18.0 Å². The summed E-state index contributed by atoms with van der Waals surface area (Å²) >= 11 is 0. The van der Waals surface area contributed by atoms with Crippen molar-refractivity contribution in [2.24, 2.45) is 5.92 Å². The lowest BCUT2D eigenvalue weighted by atomic mass is 10.1. The van der Waals surface area contributed by atoms with Crippen molar-refractivity contribution in [2.75, 3.05) is 10.0 Å². The monoisotopic (exact) mass is 479 g/mol. The maximum Gasteiger partial charge on any atom is 0.261 e. The highest BCUT2D eigenvalue weighted by Crippen LogP contribution is 2.18. The minimum absolute atomic E-state index is 0.00332. The van der Waals surface area contributed by atoms with Gasteiger partial charge in [0.25, 0.3) is 15.9 Å². The van der Waals surface area contributed by atoms with Crippen LogP contribution in [-0.2, 0) is 21.4 Å². The number of amides is 2. The molecule has 0 aliphatic heterocycles. The predicted octanol–water partition coefficient (Wildman–Crippen LogP) is 4.71. The van der Waals surface area contributed by atoms with Crippen molar-refractivity contribution in [1.29, 1.82) is 0 Å². The molecule has 3 N–H and O–H groups in total. The molecular weight excluding hydrogens is 450 g/mol. The molecule has 0 spiro atoms. The fourth-order valence-electron chi connectivity index (χ4n) is 3.22. The second-order valence-corrected chi connectivity index (χ2v) is 9.87. The van der Waals surface area contributed by atoms with Crippen LogP contribution in [0.4, 0.5) is 11.4 Å². The number of hydrogen-bond acceptors (Lipinski definition) is 4. The Labute approximate surface area is 200 Å². The molecule has 178 valence electrons. The topological polar surface area (TPSA) is 104 Å². The summed E-state index contributed by atoms with van der Waals surface area (Å²) in [7, 11) is -3.85. The average molecular weight is 480 g/mol. The number of aryl methyl sites for hydroxylation is 1. The standard InChI is InChI=1S/C26H29N3O4S/c1-4-19(3)25(30)28-22-11-6-9-20(15-22)17-27-26(31)21-10-7-13-24(16-21)34(32,33)29-23-12-5-8-18(2)14-23/h5-16,19,29H,4,17H2,1-3H3,(H,27,31)(H,28,30). The molecule has 1 unspecified atom stereocenters. The van der Waals surface area contributed by atoms with Crippen LogP contribution < -0.4 is 15.4 Å². The van der Waals surface area contributed by atoms with Gasteiger partial charge < -0.3 is 10.6 Å². The van der Waals surface area contributed by atoms with E-state index in [0.29, 0.717) is 11.4 Å². The third-order valence-corrected chi connectivity index (χ3v) is 6.76. The van der Waals surface area contributed by atoms with Crippen molar-refractivity contribution in [3.8, 4) is 0 Å². The quantitative estimate of drug-likeness (QED) is 0.413. The van der Waals surface area contributed by atoms with Gasteiger partial charge in [-0.25, -0.2) is 8.42 Å². The molecule has 8 heteroatoms. The Morgan fingerprint density at radius 1 is 0.912 bits per heavy atom. The Kier molecular flexibility index (Phi) is 8.07. The van der Waals surface area contributed by atoms with Crippen LogP contribution in [0.3, 0.4) is 0 Å². The van der Waals surface area contributed by atoms with E-state index in [1.54, 1.807) is 42.5 Å². The molecule has 34 heavy (non-hydrogen) atoms. The van der Waals surface area contributed by atoms with Gasteiger partial charge in [-0.3, -0.25) is 14.3 Å². The number of carbonyl (C=O) groups excluding carboxylic acids is 2. The number of hydrogen-bond donors (Lipinski definition) is 3. The van der Waals surface area contributed by atoms with Crippen LogP contribution in [0.1, 0.15) is 41.8 Å². The highest BCUT2D eigenvalue weighted by molar-refractivity contribution is 7.92. The molecule has 0 heterocycles. The molecule has 0 aliphatic carbocycles. The smallest absolute Gasteiger partial charge is 0.261 e. The van der Waals surface area contributed by atoms with Crippen LogP contribution in [0.5, 0.6) is 0 Å². The van der Waals surface area contributed by atoms with Crippen molar-refractivity contribution in [3.05, 3.63) is 89.5 Å². The van der Waals surface area contributed by atoms with Crippen LogP contribution in [0.25, 0.3) is 0 Å². The van der Waals surface area contributed by atoms with Gasteiger partial charge in [0.1, 0.15) is 0 Å². The molecule has 0 fully saturated rings. The van der Waals surface area contributed by atoms with Crippen molar-refractivity contribution in [1.82, 2.24) is 5.32 Å². The number of rotatable bonds is 9. The van der Waals surface area contributed by atoms with E-state index in [2.05, 4.69) is 15.4 Å². The second kappa shape index (κ2) is 11.0. The molecule has 0 saturated heterocycles. The van der Waals surface area contributed by atoms with Crippen molar-refractivity contribution >= 4 is 33.2 Å². The maximum absolute atomic E-state index is 12.8. The van der Waals surface area contributed by atoms with Gasteiger partial charge in [0, 0.05) is 29.4 Å². The van der Waals surface area contributed by atoms with Crippen LogP contribution in [0.15, 0.2) is 77.7 Å². The molecule has 2 amide bonds. The molecule has 3 rings (SSSR count). The van der Waals surface area contributed by atoms with E-state index in [1.807, 2.05) is 32.9 Å². The first-order valence-corrected chi connectivity index (χ1v) is 12.5. The Balaban J connectivity index is 1.67. The summed E-state index contributed by atoms with van der Waals surface area (Å²) < 4.78 is 28.1. The Morgan fingerprint density at radius 3 is 2.35 bits per heavy atom. The molecule has 0 aromatic heterocycles. The lowest BCUT2D eigenvalue weighted by Crippen LogP contribution is -2.23. The van der Waals surface area contributed by atoms with Gasteiger partial charge in [0.05, 0.1) is 4.90 Å². The summed E-state index contributed by atoms with van der Waals surface area (Å²) in [6.45, 7) is 5.92. The van der Waals surface area contributed by atoms with Gasteiger partial charge in [0.2, 0.25) is 5.91 Å². The summed E-state index contributed by atoms with van der Waals surface area (Å²) in [5.74, 6) is -0.546. The first-order chi connectivity index (χ1) is 16.2.